The summed E-state index contributed by atoms with van der Waals surface area (Å²) in [5, 5.41) is 10.2. The van der Waals surface area contributed by atoms with Crippen LogP contribution in [-0.4, -0.2) is 29.0 Å². The molecule has 0 radical (unpaired) electrons. The number of hydrogen-bond donors (Lipinski definition) is 1. The Kier molecular flexibility index (Phi) is 12.0. The van der Waals surface area contributed by atoms with Gasteiger partial charge in [0.05, 0.1) is 28.7 Å². The van der Waals surface area contributed by atoms with Crippen LogP contribution in [0.5, 0.6) is 0 Å². The largest absolute Gasteiger partial charge is 0.454 e. The third-order valence-electron chi connectivity index (χ3n) is 6.55. The van der Waals surface area contributed by atoms with Crippen LogP contribution in [-0.2, 0) is 30.3 Å². The molecule has 3 aromatic carbocycles. The van der Waals surface area contributed by atoms with Gasteiger partial charge in [-0.25, -0.2) is 0 Å². The number of aliphatic hydroxyl groups is 1. The summed E-state index contributed by atoms with van der Waals surface area (Å²) in [6.07, 6.45) is -34.8. The fourth-order valence-corrected chi connectivity index (χ4v) is 4.09. The number of alkyl halides is 18. The Hall–Kier alpha value is -4.01. The summed E-state index contributed by atoms with van der Waals surface area (Å²) in [6.45, 7) is 1.52. The van der Waals surface area contributed by atoms with Gasteiger partial charge in [0, 0.05) is 16.1 Å². The van der Waals surface area contributed by atoms with Crippen LogP contribution in [0.15, 0.2) is 54.6 Å². The van der Waals surface area contributed by atoms with Gasteiger partial charge in [0.15, 0.2) is 11.4 Å². The van der Waals surface area contributed by atoms with Crippen molar-refractivity contribution in [3.05, 3.63) is 104 Å². The van der Waals surface area contributed by atoms with E-state index in [1.165, 1.54) is 13.0 Å². The number of carbonyl (C=O) groups excluding carboxylic acids is 2. The predicted molar refractivity (Wildman–Crippen MR) is 138 cm³/mol. The molecule has 0 aliphatic heterocycles. The van der Waals surface area contributed by atoms with E-state index in [1.807, 2.05) is 0 Å². The lowest BCUT2D eigenvalue weighted by atomic mass is 9.84. The lowest BCUT2D eigenvalue weighted by Gasteiger charge is -2.31. The molecule has 0 saturated carbocycles. The van der Waals surface area contributed by atoms with E-state index in [-0.39, 0.29) is 41.4 Å². The van der Waals surface area contributed by atoms with Crippen molar-refractivity contribution in [3.63, 3.8) is 0 Å². The minimum absolute atomic E-state index is 0.0141. The molecule has 282 valence electrons. The molecule has 3 rings (SSSR count). The maximum absolute atomic E-state index is 13.7. The van der Waals surface area contributed by atoms with Gasteiger partial charge in [-0.15, -0.1) is 0 Å². The monoisotopic (exact) mass is 788 g/mol. The van der Waals surface area contributed by atoms with Crippen molar-refractivity contribution in [1.82, 2.24) is 0 Å². The van der Waals surface area contributed by atoms with Gasteiger partial charge in [0.25, 0.3) is 5.78 Å². The van der Waals surface area contributed by atoms with Crippen LogP contribution >= 0.6 is 11.6 Å². The third-order valence-corrected chi connectivity index (χ3v) is 6.96. The van der Waals surface area contributed by atoms with Gasteiger partial charge < -0.3 is 5.11 Å². The Morgan fingerprint density at radius 1 is 0.549 bits per heavy atom. The Labute approximate surface area is 277 Å². The Morgan fingerprint density at radius 3 is 1.22 bits per heavy atom. The average molecular weight is 789 g/mol. The van der Waals surface area contributed by atoms with Crippen molar-refractivity contribution >= 4 is 23.2 Å². The van der Waals surface area contributed by atoms with Crippen LogP contribution in [0.25, 0.3) is 0 Å². The number of aryl methyl sites for hydroxylation is 1. The highest BCUT2D eigenvalue weighted by atomic mass is 35.5. The summed E-state index contributed by atoms with van der Waals surface area (Å²) in [6, 6.07) is 1.48. The molecule has 0 saturated heterocycles. The lowest BCUT2D eigenvalue weighted by Crippen LogP contribution is -2.44. The standard InChI is InChI=1S/C19H12ClF9O2.C10H3F9O/c1-9-2-3-10(4-14(9)20)15(30)8-16(31,19(27,28)29)11-5-12(17(21,22)23)7-13(6-11)18(24,25)26;11-8(12,13)5-1-4(7(20)10(17,18)19)2-6(3-5)9(14,15)16/h2-7,31H,8H2,1H3;1-3H. The van der Waals surface area contributed by atoms with Crippen molar-refractivity contribution in [2.75, 3.05) is 0 Å². The molecule has 0 aliphatic carbocycles. The van der Waals surface area contributed by atoms with Crippen molar-refractivity contribution < 1.29 is 93.7 Å². The van der Waals surface area contributed by atoms with Gasteiger partial charge in [0.1, 0.15) is 0 Å². The molecular weight excluding hydrogens is 774 g/mol. The molecule has 1 unspecified atom stereocenters. The molecule has 1 N–H and O–H groups in total. The van der Waals surface area contributed by atoms with Crippen LogP contribution in [0.3, 0.4) is 0 Å². The summed E-state index contributed by atoms with van der Waals surface area (Å²) in [7, 11) is 0. The van der Waals surface area contributed by atoms with Crippen molar-refractivity contribution in [3.8, 4) is 0 Å². The van der Waals surface area contributed by atoms with Gasteiger partial charge in [-0.1, -0.05) is 23.7 Å². The minimum atomic E-state index is -5.79. The Bertz CT molecular complexity index is 1700. The van der Waals surface area contributed by atoms with E-state index in [9.17, 15) is 93.7 Å². The third kappa shape index (κ3) is 10.7. The highest BCUT2D eigenvalue weighted by molar-refractivity contribution is 6.31. The Morgan fingerprint density at radius 2 is 0.902 bits per heavy atom. The minimum Gasteiger partial charge on any atom is -0.376 e. The first kappa shape index (κ1) is 43.2. The number of halogens is 19. The smallest absolute Gasteiger partial charge is 0.376 e. The van der Waals surface area contributed by atoms with E-state index in [4.69, 9.17) is 11.6 Å². The number of benzene rings is 3. The zero-order chi connectivity index (χ0) is 39.9. The summed E-state index contributed by atoms with van der Waals surface area (Å²) in [4.78, 5) is 23.1. The van der Waals surface area contributed by atoms with Gasteiger partial charge >= 0.3 is 37.1 Å². The zero-order valence-corrected chi connectivity index (χ0v) is 25.1. The second-order valence-electron chi connectivity index (χ2n) is 10.3. The normalized spacial score (nSPS) is 14.4. The maximum Gasteiger partial charge on any atom is 0.454 e. The fourth-order valence-electron chi connectivity index (χ4n) is 3.91. The van der Waals surface area contributed by atoms with E-state index in [0.717, 1.165) is 12.1 Å². The molecule has 3 nitrogen and oxygen atoms in total. The number of hydrogen-bond acceptors (Lipinski definition) is 3. The summed E-state index contributed by atoms with van der Waals surface area (Å²) < 4.78 is 229. The lowest BCUT2D eigenvalue weighted by molar-refractivity contribution is -0.265. The molecule has 0 aliphatic rings. The number of carbonyl (C=O) groups is 2. The number of ketones is 2. The van der Waals surface area contributed by atoms with Crippen molar-refractivity contribution in [1.29, 1.82) is 0 Å². The van der Waals surface area contributed by atoms with Gasteiger partial charge in [-0.3, -0.25) is 9.59 Å². The van der Waals surface area contributed by atoms with Crippen LogP contribution in [0.1, 0.15) is 60.5 Å². The van der Waals surface area contributed by atoms with Crippen LogP contribution in [0, 0.1) is 6.92 Å². The quantitative estimate of drug-likeness (QED) is 0.207. The first-order valence-electron chi connectivity index (χ1n) is 12.9. The van der Waals surface area contributed by atoms with Crippen LogP contribution in [0.2, 0.25) is 5.02 Å². The zero-order valence-electron chi connectivity index (χ0n) is 24.3. The van der Waals surface area contributed by atoms with E-state index in [2.05, 4.69) is 0 Å². The van der Waals surface area contributed by atoms with Gasteiger partial charge in [-0.05, 0) is 60.5 Å². The van der Waals surface area contributed by atoms with Gasteiger partial charge in [-0.2, -0.15) is 79.0 Å². The molecule has 0 aromatic heterocycles. The SMILES string of the molecule is Cc1ccc(C(=O)CC(O)(c2cc(C(F)(F)F)cc(C(F)(F)F)c2)C(F)(F)F)cc1Cl.O=C(c1cc(C(F)(F)F)cc(C(F)(F)F)c1)C(F)(F)F. The molecule has 0 fully saturated rings. The van der Waals surface area contributed by atoms with E-state index >= 15 is 0 Å². The van der Waals surface area contributed by atoms with E-state index in [1.54, 1.807) is 0 Å². The second kappa shape index (κ2) is 14.2. The first-order chi connectivity index (χ1) is 22.6. The molecule has 0 amide bonds. The maximum atomic E-state index is 13.7. The number of rotatable bonds is 5. The highest BCUT2D eigenvalue weighted by Gasteiger charge is 2.57. The predicted octanol–water partition coefficient (Wildman–Crippen LogP) is 11.2. The highest BCUT2D eigenvalue weighted by Crippen LogP contribution is 2.46. The van der Waals surface area contributed by atoms with E-state index < -0.39 is 99.6 Å². The van der Waals surface area contributed by atoms with Crippen LogP contribution < -0.4 is 0 Å². The second-order valence-corrected chi connectivity index (χ2v) is 10.7. The average Bonchev–Trinajstić information content (AvgIpc) is 2.95. The summed E-state index contributed by atoms with van der Waals surface area (Å²) in [5.41, 5.74) is -15.9. The number of Topliss-reactive ketones (excluding diaryl/α,β-unsaturated/α-hetero) is 2. The Balaban J connectivity index is 0.000000389. The summed E-state index contributed by atoms with van der Waals surface area (Å²) >= 11 is 5.79. The fraction of sp³-hybridized carbons (Fsp3) is 0.310. The van der Waals surface area contributed by atoms with E-state index in [0.29, 0.717) is 5.56 Å². The molecular formula is C29H15ClF18O3. The molecule has 0 heterocycles. The first-order valence-corrected chi connectivity index (χ1v) is 13.3. The van der Waals surface area contributed by atoms with Crippen LogP contribution in [0.4, 0.5) is 79.0 Å². The van der Waals surface area contributed by atoms with Gasteiger partial charge in [0.2, 0.25) is 0 Å². The van der Waals surface area contributed by atoms with Crippen molar-refractivity contribution in [2.24, 2.45) is 0 Å². The molecule has 1 atom stereocenters. The molecule has 0 spiro atoms. The van der Waals surface area contributed by atoms with Crippen molar-refractivity contribution in [2.45, 2.75) is 56.0 Å². The molecule has 3 aromatic rings. The topological polar surface area (TPSA) is 54.4 Å². The molecule has 51 heavy (non-hydrogen) atoms. The molecule has 0 bridgehead atoms. The molecule has 22 heteroatoms. The summed E-state index contributed by atoms with van der Waals surface area (Å²) in [5.74, 6) is -4.18.